The first kappa shape index (κ1) is 13.1. The fraction of sp³-hybridized carbons (Fsp3) is 0.308. The lowest BCUT2D eigenvalue weighted by Crippen LogP contribution is -2.43. The minimum Gasteiger partial charge on any atom is -0.465 e. The van der Waals surface area contributed by atoms with Crippen molar-refractivity contribution in [3.05, 3.63) is 35.9 Å². The SMILES string of the molecule is CN1C(=O)C[C@@H](N(Cc2ccccc2)C(=O)O)C1=O. The molecule has 0 aromatic heterocycles. The van der Waals surface area contributed by atoms with Crippen LogP contribution >= 0.6 is 0 Å². The molecule has 1 heterocycles. The summed E-state index contributed by atoms with van der Waals surface area (Å²) in [7, 11) is 1.37. The summed E-state index contributed by atoms with van der Waals surface area (Å²) in [6, 6.07) is 8.05. The van der Waals surface area contributed by atoms with Gasteiger partial charge in [-0.25, -0.2) is 4.79 Å². The molecule has 1 aromatic carbocycles. The van der Waals surface area contributed by atoms with Gasteiger partial charge in [-0.3, -0.25) is 19.4 Å². The Morgan fingerprint density at radius 2 is 2.00 bits per heavy atom. The highest BCUT2D eigenvalue weighted by Crippen LogP contribution is 2.19. The highest BCUT2D eigenvalue weighted by molar-refractivity contribution is 6.06. The van der Waals surface area contributed by atoms with Crippen molar-refractivity contribution in [2.24, 2.45) is 0 Å². The topological polar surface area (TPSA) is 77.9 Å². The minimum absolute atomic E-state index is 0.0888. The van der Waals surface area contributed by atoms with Crippen molar-refractivity contribution in [1.29, 1.82) is 0 Å². The number of carbonyl (C=O) groups is 3. The molecule has 1 N–H and O–H groups in total. The molecule has 19 heavy (non-hydrogen) atoms. The first-order valence-electron chi connectivity index (χ1n) is 5.84. The summed E-state index contributed by atoms with van der Waals surface area (Å²) in [4.78, 5) is 36.6. The van der Waals surface area contributed by atoms with E-state index in [1.807, 2.05) is 6.07 Å². The first-order chi connectivity index (χ1) is 9.00. The average molecular weight is 262 g/mol. The van der Waals surface area contributed by atoms with E-state index < -0.39 is 18.0 Å². The second-order valence-electron chi connectivity index (χ2n) is 4.41. The van der Waals surface area contributed by atoms with E-state index in [2.05, 4.69) is 0 Å². The van der Waals surface area contributed by atoms with Crippen molar-refractivity contribution in [3.63, 3.8) is 0 Å². The fourth-order valence-corrected chi connectivity index (χ4v) is 2.07. The number of hydrogen-bond donors (Lipinski definition) is 1. The minimum atomic E-state index is -1.20. The summed E-state index contributed by atoms with van der Waals surface area (Å²) in [5.41, 5.74) is 0.778. The van der Waals surface area contributed by atoms with E-state index in [0.29, 0.717) is 0 Å². The van der Waals surface area contributed by atoms with Crippen LogP contribution in [0.2, 0.25) is 0 Å². The third-order valence-electron chi connectivity index (χ3n) is 3.18. The van der Waals surface area contributed by atoms with Gasteiger partial charge < -0.3 is 5.11 Å². The predicted molar refractivity (Wildman–Crippen MR) is 66.2 cm³/mol. The molecular weight excluding hydrogens is 248 g/mol. The molecule has 0 aliphatic carbocycles. The van der Waals surface area contributed by atoms with Crippen LogP contribution in [0.15, 0.2) is 30.3 Å². The number of rotatable bonds is 3. The van der Waals surface area contributed by atoms with E-state index in [0.717, 1.165) is 15.4 Å². The number of benzene rings is 1. The molecule has 1 aliphatic rings. The van der Waals surface area contributed by atoms with Gasteiger partial charge >= 0.3 is 6.09 Å². The predicted octanol–water partition coefficient (Wildman–Crippen LogP) is 0.924. The zero-order valence-corrected chi connectivity index (χ0v) is 10.4. The van der Waals surface area contributed by atoms with Gasteiger partial charge in [0, 0.05) is 13.6 Å². The molecular formula is C13H14N2O4. The van der Waals surface area contributed by atoms with Gasteiger partial charge in [-0.15, -0.1) is 0 Å². The third kappa shape index (κ3) is 2.57. The van der Waals surface area contributed by atoms with Gasteiger partial charge in [-0.2, -0.15) is 0 Å². The lowest BCUT2D eigenvalue weighted by atomic mass is 10.1. The number of likely N-dealkylation sites (tertiary alicyclic amines) is 1. The van der Waals surface area contributed by atoms with Gasteiger partial charge in [0.25, 0.3) is 5.91 Å². The highest BCUT2D eigenvalue weighted by atomic mass is 16.4. The molecule has 0 radical (unpaired) electrons. The van der Waals surface area contributed by atoms with Gasteiger partial charge in [-0.1, -0.05) is 30.3 Å². The van der Waals surface area contributed by atoms with Gasteiger partial charge in [0.15, 0.2) is 0 Å². The van der Waals surface area contributed by atoms with Crippen molar-refractivity contribution >= 4 is 17.9 Å². The maximum Gasteiger partial charge on any atom is 0.408 e. The van der Waals surface area contributed by atoms with Crippen LogP contribution in [0.25, 0.3) is 0 Å². The molecule has 0 bridgehead atoms. The van der Waals surface area contributed by atoms with Crippen LogP contribution in [0.5, 0.6) is 0 Å². The summed E-state index contributed by atoms with van der Waals surface area (Å²) in [6.45, 7) is 0.0910. The number of likely N-dealkylation sites (N-methyl/N-ethyl adjacent to an activating group) is 1. The summed E-state index contributed by atoms with van der Waals surface area (Å²) in [6.07, 6.45) is -1.29. The molecule has 0 spiro atoms. The molecule has 1 saturated heterocycles. The molecule has 0 unspecified atom stereocenters. The van der Waals surface area contributed by atoms with Crippen molar-refractivity contribution in [3.8, 4) is 0 Å². The summed E-state index contributed by atoms with van der Waals surface area (Å²) >= 11 is 0. The van der Waals surface area contributed by atoms with E-state index in [1.54, 1.807) is 24.3 Å². The van der Waals surface area contributed by atoms with Crippen LogP contribution in [0.1, 0.15) is 12.0 Å². The Hall–Kier alpha value is -2.37. The lowest BCUT2D eigenvalue weighted by molar-refractivity contribution is -0.138. The van der Waals surface area contributed by atoms with Crippen LogP contribution in [0, 0.1) is 0 Å². The molecule has 2 rings (SSSR count). The van der Waals surface area contributed by atoms with E-state index in [4.69, 9.17) is 0 Å². The highest BCUT2D eigenvalue weighted by Gasteiger charge is 2.41. The Bertz CT molecular complexity index is 515. The zero-order valence-electron chi connectivity index (χ0n) is 10.4. The van der Waals surface area contributed by atoms with Crippen molar-refractivity contribution in [2.45, 2.75) is 19.0 Å². The van der Waals surface area contributed by atoms with Crippen molar-refractivity contribution in [2.75, 3.05) is 7.05 Å². The Morgan fingerprint density at radius 3 is 2.47 bits per heavy atom. The molecule has 6 heteroatoms. The van der Waals surface area contributed by atoms with E-state index in [1.165, 1.54) is 7.05 Å². The van der Waals surface area contributed by atoms with Gasteiger partial charge in [-0.05, 0) is 5.56 Å². The lowest BCUT2D eigenvalue weighted by Gasteiger charge is -2.24. The number of hydrogen-bond acceptors (Lipinski definition) is 3. The van der Waals surface area contributed by atoms with Crippen LogP contribution in [-0.4, -0.2) is 45.9 Å². The quantitative estimate of drug-likeness (QED) is 0.822. The number of carboxylic acid groups (broad SMARTS) is 1. The van der Waals surface area contributed by atoms with Gasteiger partial charge in [0.1, 0.15) is 6.04 Å². The van der Waals surface area contributed by atoms with E-state index in [-0.39, 0.29) is 18.9 Å². The number of nitrogens with zero attached hydrogens (tertiary/aromatic N) is 2. The smallest absolute Gasteiger partial charge is 0.408 e. The number of carbonyl (C=O) groups excluding carboxylic acids is 2. The fourth-order valence-electron chi connectivity index (χ4n) is 2.07. The second-order valence-corrected chi connectivity index (χ2v) is 4.41. The standard InChI is InChI=1S/C13H14N2O4/c1-14-11(16)7-10(12(14)17)15(13(18)19)8-9-5-3-2-4-6-9/h2-6,10H,7-8H2,1H3,(H,18,19)/t10-/m1/s1. The normalized spacial score (nSPS) is 18.8. The van der Waals surface area contributed by atoms with Crippen LogP contribution < -0.4 is 0 Å². The second kappa shape index (κ2) is 5.09. The molecule has 6 nitrogen and oxygen atoms in total. The Kier molecular flexibility index (Phi) is 3.50. The number of imide groups is 1. The zero-order chi connectivity index (χ0) is 14.0. The van der Waals surface area contributed by atoms with Crippen molar-refractivity contribution < 1.29 is 19.5 Å². The Labute approximate surface area is 110 Å². The van der Waals surface area contributed by atoms with Crippen LogP contribution in [0.4, 0.5) is 4.79 Å². The summed E-state index contributed by atoms with van der Waals surface area (Å²) in [5.74, 6) is -0.822. The van der Waals surface area contributed by atoms with Crippen LogP contribution in [0.3, 0.4) is 0 Å². The Balaban J connectivity index is 2.20. The average Bonchev–Trinajstić information content (AvgIpc) is 2.64. The Morgan fingerprint density at radius 1 is 1.37 bits per heavy atom. The molecule has 100 valence electrons. The molecule has 1 aromatic rings. The molecule has 1 fully saturated rings. The van der Waals surface area contributed by atoms with Crippen LogP contribution in [-0.2, 0) is 16.1 Å². The monoisotopic (exact) mass is 262 g/mol. The third-order valence-corrected chi connectivity index (χ3v) is 3.18. The van der Waals surface area contributed by atoms with E-state index >= 15 is 0 Å². The first-order valence-corrected chi connectivity index (χ1v) is 5.84. The van der Waals surface area contributed by atoms with Gasteiger partial charge in [0.2, 0.25) is 5.91 Å². The maximum absolute atomic E-state index is 11.9. The van der Waals surface area contributed by atoms with Gasteiger partial charge in [0.05, 0.1) is 6.42 Å². The maximum atomic E-state index is 11.9. The summed E-state index contributed by atoms with van der Waals surface area (Å²) < 4.78 is 0. The van der Waals surface area contributed by atoms with E-state index in [9.17, 15) is 19.5 Å². The largest absolute Gasteiger partial charge is 0.465 e. The molecule has 3 amide bonds. The molecule has 0 saturated carbocycles. The molecule has 1 atom stereocenters. The van der Waals surface area contributed by atoms with Crippen molar-refractivity contribution in [1.82, 2.24) is 9.80 Å². The summed E-state index contributed by atoms with van der Waals surface area (Å²) in [5, 5.41) is 9.23. The number of amides is 3. The molecule has 1 aliphatic heterocycles.